The molecule has 1 aromatic heterocycles. The number of fused-ring (bicyclic) bond motifs is 1. The van der Waals surface area contributed by atoms with Crippen LogP contribution in [0, 0.1) is 6.92 Å². The third-order valence-corrected chi connectivity index (χ3v) is 8.56. The first-order valence-electron chi connectivity index (χ1n) is 16.2. The second-order valence-corrected chi connectivity index (χ2v) is 12.0. The first-order valence-corrected chi connectivity index (χ1v) is 16.2. The number of unbranched alkanes of at least 4 members (excludes halogenated alkanes) is 2. The maximum atomic E-state index is 13.7. The number of hydrogen-bond acceptors (Lipinski definition) is 8. The minimum Gasteiger partial charge on any atom is -0.496 e. The van der Waals surface area contributed by atoms with Crippen molar-refractivity contribution in [1.82, 2.24) is 19.8 Å². The fourth-order valence-electron chi connectivity index (χ4n) is 5.68. The van der Waals surface area contributed by atoms with E-state index in [1.165, 1.54) is 19.1 Å². The van der Waals surface area contributed by atoms with Crippen LogP contribution in [0.5, 0.6) is 17.5 Å². The largest absolute Gasteiger partial charge is 0.496 e. The predicted octanol–water partition coefficient (Wildman–Crippen LogP) is 5.13. The highest BCUT2D eigenvalue weighted by molar-refractivity contribution is 6.11. The molecule has 0 aliphatic carbocycles. The van der Waals surface area contributed by atoms with E-state index < -0.39 is 5.91 Å². The van der Waals surface area contributed by atoms with E-state index >= 15 is 0 Å². The Morgan fingerprint density at radius 3 is 2.48 bits per heavy atom. The summed E-state index contributed by atoms with van der Waals surface area (Å²) in [5, 5.41) is 2.89. The van der Waals surface area contributed by atoms with Gasteiger partial charge in [-0.2, -0.15) is 4.98 Å². The van der Waals surface area contributed by atoms with E-state index in [0.29, 0.717) is 52.8 Å². The normalized spacial score (nSPS) is 13.3. The van der Waals surface area contributed by atoms with Crippen molar-refractivity contribution in [3.05, 3.63) is 71.3 Å². The van der Waals surface area contributed by atoms with Crippen LogP contribution in [0.3, 0.4) is 0 Å². The van der Waals surface area contributed by atoms with E-state index in [4.69, 9.17) is 14.2 Å². The number of amides is 3. The topological polar surface area (TPSA) is 129 Å². The number of nitrogens with one attached hydrogen (secondary N) is 2. The number of H-pyrrole nitrogens is 1. The van der Waals surface area contributed by atoms with Crippen LogP contribution in [-0.2, 0) is 4.79 Å². The maximum absolute atomic E-state index is 13.7. The van der Waals surface area contributed by atoms with Gasteiger partial charge in [-0.1, -0.05) is 12.1 Å². The highest BCUT2D eigenvalue weighted by Crippen LogP contribution is 2.32. The zero-order chi connectivity index (χ0) is 34.2. The quantitative estimate of drug-likeness (QED) is 0.190. The molecule has 2 heterocycles. The number of nitrogens with zero attached hydrogens (tertiary/aromatic N) is 4. The molecule has 4 aromatic rings. The van der Waals surface area contributed by atoms with E-state index in [9.17, 15) is 14.4 Å². The van der Waals surface area contributed by atoms with Crippen molar-refractivity contribution in [3.63, 3.8) is 0 Å². The van der Waals surface area contributed by atoms with Crippen LogP contribution in [0.15, 0.2) is 54.6 Å². The summed E-state index contributed by atoms with van der Waals surface area (Å²) in [7, 11) is 6.74. The van der Waals surface area contributed by atoms with E-state index in [0.717, 1.165) is 51.0 Å². The highest BCUT2D eigenvalue weighted by atomic mass is 16.5. The molecule has 12 nitrogen and oxygen atoms in total. The van der Waals surface area contributed by atoms with Crippen molar-refractivity contribution in [3.8, 4) is 17.5 Å². The molecule has 0 spiro atoms. The van der Waals surface area contributed by atoms with Crippen LogP contribution < -0.4 is 24.4 Å². The summed E-state index contributed by atoms with van der Waals surface area (Å²) >= 11 is 0. The van der Waals surface area contributed by atoms with Gasteiger partial charge in [0.15, 0.2) is 0 Å². The number of para-hydroxylation sites is 1. The predicted molar refractivity (Wildman–Crippen MR) is 186 cm³/mol. The van der Waals surface area contributed by atoms with Crippen molar-refractivity contribution >= 4 is 40.1 Å². The molecular formula is C36H44N6O6. The average Bonchev–Trinajstić information content (AvgIpc) is 3.54. The number of hydrogen-bond donors (Lipinski definition) is 2. The average molecular weight is 657 g/mol. The number of piperazine rings is 1. The van der Waals surface area contributed by atoms with Crippen molar-refractivity contribution in [1.29, 1.82) is 0 Å². The van der Waals surface area contributed by atoms with Gasteiger partial charge in [0.2, 0.25) is 5.91 Å². The number of benzene rings is 3. The van der Waals surface area contributed by atoms with Crippen LogP contribution in [0.1, 0.15) is 52.0 Å². The molecule has 0 unspecified atom stereocenters. The molecular weight excluding hydrogens is 612 g/mol. The Kier molecular flexibility index (Phi) is 11.2. The molecule has 5 rings (SSSR count). The molecule has 3 amide bonds. The fraction of sp³-hybridized carbons (Fsp3) is 0.389. The second kappa shape index (κ2) is 15.7. The van der Waals surface area contributed by atoms with E-state index in [1.807, 2.05) is 36.1 Å². The zero-order valence-electron chi connectivity index (χ0n) is 28.3. The van der Waals surface area contributed by atoms with Gasteiger partial charge in [0.05, 0.1) is 43.3 Å². The third kappa shape index (κ3) is 8.06. The number of rotatable bonds is 13. The highest BCUT2D eigenvalue weighted by Gasteiger charge is 2.22. The molecule has 0 saturated carbocycles. The number of ether oxygens (including phenoxy) is 3. The van der Waals surface area contributed by atoms with Gasteiger partial charge >= 0.3 is 0 Å². The van der Waals surface area contributed by atoms with Gasteiger partial charge in [-0.05, 0) is 81.3 Å². The molecule has 3 aromatic carbocycles. The maximum Gasteiger partial charge on any atom is 0.294 e. The van der Waals surface area contributed by atoms with Crippen molar-refractivity contribution in [2.45, 2.75) is 32.6 Å². The lowest BCUT2D eigenvalue weighted by Gasteiger charge is -2.32. The lowest BCUT2D eigenvalue weighted by molar-refractivity contribution is -0.132. The van der Waals surface area contributed by atoms with Crippen molar-refractivity contribution in [2.75, 3.05) is 71.3 Å². The summed E-state index contributed by atoms with van der Waals surface area (Å²) in [4.78, 5) is 52.7. The molecule has 2 N–H and O–H groups in total. The minimum atomic E-state index is -0.411. The Balaban J connectivity index is 1.20. The van der Waals surface area contributed by atoms with Gasteiger partial charge < -0.3 is 39.2 Å². The number of likely N-dealkylation sites (N-methyl/N-ethyl adjacent to an activating group) is 1. The lowest BCUT2D eigenvalue weighted by atomic mass is 10.1. The van der Waals surface area contributed by atoms with Gasteiger partial charge in [0.1, 0.15) is 17.0 Å². The number of anilines is 2. The Bertz CT molecular complexity index is 1760. The van der Waals surface area contributed by atoms with Crippen LogP contribution in [0.25, 0.3) is 11.0 Å². The monoisotopic (exact) mass is 656 g/mol. The molecule has 48 heavy (non-hydrogen) atoms. The summed E-state index contributed by atoms with van der Waals surface area (Å²) in [6, 6.07) is 16.2. The number of aryl methyl sites for hydroxylation is 1. The Morgan fingerprint density at radius 1 is 0.938 bits per heavy atom. The third-order valence-electron chi connectivity index (χ3n) is 8.56. The number of methoxy groups -OCH3 is 2. The number of carbonyl (C=O) groups excluding carboxylic acids is 3. The molecule has 1 fully saturated rings. The van der Waals surface area contributed by atoms with Crippen LogP contribution in [-0.4, -0.2) is 98.6 Å². The first kappa shape index (κ1) is 34.2. The van der Waals surface area contributed by atoms with Gasteiger partial charge in [0.25, 0.3) is 17.8 Å². The van der Waals surface area contributed by atoms with Crippen molar-refractivity contribution < 1.29 is 28.6 Å². The van der Waals surface area contributed by atoms with E-state index in [-0.39, 0.29) is 23.1 Å². The molecule has 1 saturated heterocycles. The summed E-state index contributed by atoms with van der Waals surface area (Å²) in [5.74, 6) is 0.385. The van der Waals surface area contributed by atoms with Crippen LogP contribution >= 0.6 is 0 Å². The Hall–Kier alpha value is -5.10. The lowest BCUT2D eigenvalue weighted by Crippen LogP contribution is -2.47. The molecule has 0 bridgehead atoms. The number of aromatic nitrogens is 2. The minimum absolute atomic E-state index is 0.225. The second-order valence-electron chi connectivity index (χ2n) is 12.0. The van der Waals surface area contributed by atoms with Crippen molar-refractivity contribution in [2.24, 2.45) is 0 Å². The first-order chi connectivity index (χ1) is 23.2. The van der Waals surface area contributed by atoms with Gasteiger partial charge in [-0.25, -0.2) is 0 Å². The van der Waals surface area contributed by atoms with Gasteiger partial charge in [0, 0.05) is 45.2 Å². The van der Waals surface area contributed by atoms with E-state index in [2.05, 4.69) is 27.2 Å². The standard InChI is InChI=1S/C36H44N6O6/c1-24-13-16-29(31(22-24)48-21-8-6-7-12-32(43)42-19-17-40(2)18-20-42)41(3)35(45)25-14-15-26(30(23-25)46-4)34(44)37-27-10-9-11-28-33(27)39-36(38-28)47-5/h9-11,13-16,22-23H,6-8,12,17-21H2,1-5H3,(H,37,44)(H,38,39). The Morgan fingerprint density at radius 2 is 1.73 bits per heavy atom. The number of aromatic amines is 1. The van der Waals surface area contributed by atoms with Crippen LogP contribution in [0.2, 0.25) is 0 Å². The summed E-state index contributed by atoms with van der Waals surface area (Å²) < 4.78 is 16.9. The molecule has 0 atom stereocenters. The molecule has 254 valence electrons. The zero-order valence-corrected chi connectivity index (χ0v) is 28.3. The summed E-state index contributed by atoms with van der Waals surface area (Å²) in [5.41, 5.74) is 4.02. The number of imidazole rings is 1. The SMILES string of the molecule is COc1nc2c(NC(=O)c3ccc(C(=O)N(C)c4ccc(C)cc4OCCCCCC(=O)N4CCN(C)CC4)cc3OC)cccc2[nH]1. The molecule has 12 heteroatoms. The van der Waals surface area contributed by atoms with Gasteiger partial charge in [-0.15, -0.1) is 0 Å². The molecule has 1 aliphatic heterocycles. The molecule has 0 radical (unpaired) electrons. The fourth-order valence-corrected chi connectivity index (χ4v) is 5.68. The molecule has 1 aliphatic rings. The number of carbonyl (C=O) groups is 3. The summed E-state index contributed by atoms with van der Waals surface area (Å²) in [6.45, 7) is 5.89. The van der Waals surface area contributed by atoms with Gasteiger partial charge in [-0.3, -0.25) is 14.4 Å². The summed E-state index contributed by atoms with van der Waals surface area (Å²) in [6.07, 6.45) is 3.04. The Labute approximate surface area is 281 Å². The van der Waals surface area contributed by atoms with Crippen LogP contribution in [0.4, 0.5) is 11.4 Å². The van der Waals surface area contributed by atoms with E-state index in [1.54, 1.807) is 37.4 Å². The smallest absolute Gasteiger partial charge is 0.294 e.